The molecule has 0 fully saturated rings. The zero-order chi connectivity index (χ0) is 8.55. The number of rotatable bonds is 1. The SMILES string of the molecule is CCc1c[nH]c2cc(I)ccc12. The molecule has 2 heteroatoms. The van der Waals surface area contributed by atoms with E-state index in [1.54, 1.807) is 0 Å². The van der Waals surface area contributed by atoms with Crippen molar-refractivity contribution in [2.45, 2.75) is 13.3 Å². The van der Waals surface area contributed by atoms with Crippen LogP contribution in [0.5, 0.6) is 0 Å². The van der Waals surface area contributed by atoms with Crippen LogP contribution in [0.4, 0.5) is 0 Å². The van der Waals surface area contributed by atoms with Crippen molar-refractivity contribution in [2.75, 3.05) is 0 Å². The average molecular weight is 271 g/mol. The van der Waals surface area contributed by atoms with Gasteiger partial charge in [0.05, 0.1) is 0 Å². The fourth-order valence-electron chi connectivity index (χ4n) is 1.45. The molecule has 1 heterocycles. The molecule has 1 N–H and O–H groups in total. The topological polar surface area (TPSA) is 15.8 Å². The summed E-state index contributed by atoms with van der Waals surface area (Å²) in [6.45, 7) is 2.18. The highest BCUT2D eigenvalue weighted by atomic mass is 127. The Bertz CT molecular complexity index is 403. The quantitative estimate of drug-likeness (QED) is 0.766. The Morgan fingerprint density at radius 1 is 1.42 bits per heavy atom. The fraction of sp³-hybridized carbons (Fsp3) is 0.200. The molecule has 0 radical (unpaired) electrons. The van der Waals surface area contributed by atoms with E-state index in [1.165, 1.54) is 20.0 Å². The van der Waals surface area contributed by atoms with E-state index in [0.29, 0.717) is 0 Å². The van der Waals surface area contributed by atoms with Gasteiger partial charge in [-0.2, -0.15) is 0 Å². The number of aryl methyl sites for hydroxylation is 1. The van der Waals surface area contributed by atoms with E-state index in [2.05, 4.69) is 58.9 Å². The summed E-state index contributed by atoms with van der Waals surface area (Å²) in [7, 11) is 0. The summed E-state index contributed by atoms with van der Waals surface area (Å²) in [4.78, 5) is 3.28. The van der Waals surface area contributed by atoms with Crippen LogP contribution in [0.3, 0.4) is 0 Å². The predicted molar refractivity (Wildman–Crippen MR) is 60.4 cm³/mol. The van der Waals surface area contributed by atoms with Gasteiger partial charge in [0.2, 0.25) is 0 Å². The van der Waals surface area contributed by atoms with Crippen molar-refractivity contribution in [2.24, 2.45) is 0 Å². The molecule has 0 unspecified atom stereocenters. The maximum absolute atomic E-state index is 3.28. The molecule has 2 aromatic rings. The van der Waals surface area contributed by atoms with Crippen LogP contribution >= 0.6 is 22.6 Å². The number of nitrogens with one attached hydrogen (secondary N) is 1. The normalized spacial score (nSPS) is 10.8. The lowest BCUT2D eigenvalue weighted by atomic mass is 10.1. The van der Waals surface area contributed by atoms with E-state index in [-0.39, 0.29) is 0 Å². The van der Waals surface area contributed by atoms with Crippen molar-refractivity contribution in [3.8, 4) is 0 Å². The van der Waals surface area contributed by atoms with Crippen LogP contribution in [0, 0.1) is 3.57 Å². The Labute approximate surface area is 85.3 Å². The molecule has 0 aliphatic heterocycles. The molecule has 1 nitrogen and oxygen atoms in total. The zero-order valence-electron chi connectivity index (χ0n) is 6.89. The second-order valence-electron chi connectivity index (χ2n) is 2.86. The predicted octanol–water partition coefficient (Wildman–Crippen LogP) is 3.33. The first kappa shape index (κ1) is 8.10. The molecular weight excluding hydrogens is 261 g/mol. The Balaban J connectivity index is 2.73. The van der Waals surface area contributed by atoms with Crippen LogP contribution < -0.4 is 0 Å². The Kier molecular flexibility index (Phi) is 2.09. The first-order chi connectivity index (χ1) is 5.81. The van der Waals surface area contributed by atoms with E-state index >= 15 is 0 Å². The van der Waals surface area contributed by atoms with Gasteiger partial charge in [-0.25, -0.2) is 0 Å². The summed E-state index contributed by atoms with van der Waals surface area (Å²) >= 11 is 2.33. The molecule has 12 heavy (non-hydrogen) atoms. The molecule has 0 saturated heterocycles. The van der Waals surface area contributed by atoms with Crippen LogP contribution in [0.25, 0.3) is 10.9 Å². The van der Waals surface area contributed by atoms with Gasteiger partial charge in [0.25, 0.3) is 0 Å². The highest BCUT2D eigenvalue weighted by Gasteiger charge is 2.00. The van der Waals surface area contributed by atoms with Crippen molar-refractivity contribution in [3.05, 3.63) is 33.5 Å². The third-order valence-electron chi connectivity index (χ3n) is 2.11. The number of aromatic nitrogens is 1. The molecule has 0 bridgehead atoms. The van der Waals surface area contributed by atoms with Crippen molar-refractivity contribution in [1.82, 2.24) is 4.98 Å². The van der Waals surface area contributed by atoms with Gasteiger partial charge in [-0.15, -0.1) is 0 Å². The van der Waals surface area contributed by atoms with Crippen LogP contribution in [-0.2, 0) is 6.42 Å². The monoisotopic (exact) mass is 271 g/mol. The third kappa shape index (κ3) is 1.24. The van der Waals surface area contributed by atoms with E-state index in [0.717, 1.165) is 6.42 Å². The summed E-state index contributed by atoms with van der Waals surface area (Å²) in [5.41, 5.74) is 2.65. The fourth-order valence-corrected chi connectivity index (χ4v) is 1.94. The molecule has 0 saturated carbocycles. The number of aromatic amines is 1. The van der Waals surface area contributed by atoms with Gasteiger partial charge in [0.1, 0.15) is 0 Å². The zero-order valence-corrected chi connectivity index (χ0v) is 9.05. The maximum Gasteiger partial charge on any atom is 0.0467 e. The first-order valence-electron chi connectivity index (χ1n) is 4.07. The van der Waals surface area contributed by atoms with E-state index in [9.17, 15) is 0 Å². The number of fused-ring (bicyclic) bond motifs is 1. The minimum atomic E-state index is 1.10. The molecule has 1 aromatic carbocycles. The van der Waals surface area contributed by atoms with Crippen molar-refractivity contribution >= 4 is 33.5 Å². The van der Waals surface area contributed by atoms with Crippen molar-refractivity contribution < 1.29 is 0 Å². The van der Waals surface area contributed by atoms with Crippen LogP contribution in [0.15, 0.2) is 24.4 Å². The van der Waals surface area contributed by atoms with E-state index in [4.69, 9.17) is 0 Å². The molecule has 0 atom stereocenters. The van der Waals surface area contributed by atoms with E-state index in [1.807, 2.05) is 0 Å². The summed E-state index contributed by atoms with van der Waals surface area (Å²) < 4.78 is 1.28. The van der Waals surface area contributed by atoms with Crippen molar-refractivity contribution in [1.29, 1.82) is 0 Å². The Morgan fingerprint density at radius 3 is 3.00 bits per heavy atom. The second kappa shape index (κ2) is 3.09. The average Bonchev–Trinajstić information content (AvgIpc) is 2.46. The number of hydrogen-bond acceptors (Lipinski definition) is 0. The summed E-state index contributed by atoms with van der Waals surface area (Å²) in [6.07, 6.45) is 3.20. The van der Waals surface area contributed by atoms with Gasteiger partial charge in [-0.1, -0.05) is 13.0 Å². The number of hydrogen-bond donors (Lipinski definition) is 1. The largest absolute Gasteiger partial charge is 0.361 e. The molecule has 0 spiro atoms. The lowest BCUT2D eigenvalue weighted by molar-refractivity contribution is 1.15. The molecule has 2 rings (SSSR count). The number of benzene rings is 1. The van der Waals surface area contributed by atoms with Crippen LogP contribution in [0.1, 0.15) is 12.5 Å². The standard InChI is InChI=1S/C10H10IN/c1-2-7-6-12-10-5-8(11)3-4-9(7)10/h3-6,12H,2H2,1H3. The van der Waals surface area contributed by atoms with Gasteiger partial charge in [0.15, 0.2) is 0 Å². The molecule has 1 aromatic heterocycles. The molecule has 0 aliphatic rings. The highest BCUT2D eigenvalue weighted by Crippen LogP contribution is 2.20. The van der Waals surface area contributed by atoms with Gasteiger partial charge in [-0.05, 0) is 46.7 Å². The van der Waals surface area contributed by atoms with Crippen molar-refractivity contribution in [3.63, 3.8) is 0 Å². The smallest absolute Gasteiger partial charge is 0.0467 e. The molecule has 0 amide bonds. The molecule has 62 valence electrons. The maximum atomic E-state index is 3.28. The Morgan fingerprint density at radius 2 is 2.25 bits per heavy atom. The molecular formula is C10H10IN. The minimum Gasteiger partial charge on any atom is -0.361 e. The summed E-state index contributed by atoms with van der Waals surface area (Å²) in [5.74, 6) is 0. The summed E-state index contributed by atoms with van der Waals surface area (Å²) in [6, 6.07) is 6.51. The highest BCUT2D eigenvalue weighted by molar-refractivity contribution is 14.1. The third-order valence-corrected chi connectivity index (χ3v) is 2.78. The minimum absolute atomic E-state index is 1.10. The molecule has 0 aliphatic carbocycles. The summed E-state index contributed by atoms with van der Waals surface area (Å²) in [5, 5.41) is 1.36. The van der Waals surface area contributed by atoms with Crippen LogP contribution in [-0.4, -0.2) is 4.98 Å². The van der Waals surface area contributed by atoms with Gasteiger partial charge in [0, 0.05) is 20.7 Å². The van der Waals surface area contributed by atoms with Gasteiger partial charge < -0.3 is 4.98 Å². The second-order valence-corrected chi connectivity index (χ2v) is 4.10. The lowest BCUT2D eigenvalue weighted by Crippen LogP contribution is -1.75. The van der Waals surface area contributed by atoms with E-state index < -0.39 is 0 Å². The van der Waals surface area contributed by atoms with Gasteiger partial charge in [-0.3, -0.25) is 0 Å². The van der Waals surface area contributed by atoms with Crippen LogP contribution in [0.2, 0.25) is 0 Å². The van der Waals surface area contributed by atoms with Gasteiger partial charge >= 0.3 is 0 Å². The number of H-pyrrole nitrogens is 1. The number of halogens is 1. The first-order valence-corrected chi connectivity index (χ1v) is 5.14. The lowest BCUT2D eigenvalue weighted by Gasteiger charge is -1.93. The Hall–Kier alpha value is -0.510.